The van der Waals surface area contributed by atoms with Crippen LogP contribution in [-0.4, -0.2) is 56.8 Å². The van der Waals surface area contributed by atoms with Crippen molar-refractivity contribution in [2.24, 2.45) is 0 Å². The van der Waals surface area contributed by atoms with Gasteiger partial charge < -0.3 is 14.9 Å². The number of hydrogen-bond acceptors (Lipinski definition) is 7. The number of aliphatic hydroxyl groups excluding tert-OH is 1. The number of halogens is 2. The van der Waals surface area contributed by atoms with E-state index in [9.17, 15) is 18.7 Å². The molecule has 0 amide bonds. The minimum Gasteiger partial charge on any atom is -0.391 e. The van der Waals surface area contributed by atoms with Gasteiger partial charge in [-0.2, -0.15) is 5.10 Å². The summed E-state index contributed by atoms with van der Waals surface area (Å²) in [6.45, 7) is 1.95. The first-order chi connectivity index (χ1) is 18.0. The summed E-state index contributed by atoms with van der Waals surface area (Å²) >= 11 is 0. The van der Waals surface area contributed by atoms with Gasteiger partial charge in [0.2, 0.25) is 0 Å². The molecule has 4 aromatic rings. The topological polar surface area (TPSA) is 98.2 Å². The Kier molecular flexibility index (Phi) is 6.03. The summed E-state index contributed by atoms with van der Waals surface area (Å²) in [5.74, 6) is 0.315. The SMILES string of the molecule is O=C(Cc1ccc(N2CCC(O)C2)nc1)c1cnc2[nH]nc(N3CCC[C@@H]3c3cc(F)ccc3F)c2c1. The number of hydrogen-bond donors (Lipinski definition) is 2. The quantitative estimate of drug-likeness (QED) is 0.384. The number of anilines is 2. The lowest BCUT2D eigenvalue weighted by atomic mass is 10.0. The molecule has 0 saturated carbocycles. The number of aliphatic hydroxyl groups is 1. The summed E-state index contributed by atoms with van der Waals surface area (Å²) in [6.07, 6.45) is 5.24. The number of carbonyl (C=O) groups is 1. The first kappa shape index (κ1) is 23.5. The van der Waals surface area contributed by atoms with E-state index in [0.29, 0.717) is 47.5 Å². The van der Waals surface area contributed by atoms with Crippen LogP contribution < -0.4 is 9.80 Å². The number of benzene rings is 1. The molecule has 2 saturated heterocycles. The predicted molar refractivity (Wildman–Crippen MR) is 135 cm³/mol. The maximum Gasteiger partial charge on any atom is 0.168 e. The average molecular weight is 505 g/mol. The van der Waals surface area contributed by atoms with E-state index >= 15 is 0 Å². The van der Waals surface area contributed by atoms with E-state index < -0.39 is 11.6 Å². The van der Waals surface area contributed by atoms with Crippen LogP contribution in [0.4, 0.5) is 20.4 Å². The van der Waals surface area contributed by atoms with Crippen LogP contribution in [0.1, 0.15) is 46.8 Å². The molecule has 2 atom stereocenters. The van der Waals surface area contributed by atoms with E-state index in [4.69, 9.17) is 0 Å². The third kappa shape index (κ3) is 4.53. The zero-order chi connectivity index (χ0) is 25.5. The largest absolute Gasteiger partial charge is 0.391 e. The molecular formula is C27H26F2N6O2. The van der Waals surface area contributed by atoms with Crippen molar-refractivity contribution in [2.75, 3.05) is 29.4 Å². The zero-order valence-corrected chi connectivity index (χ0v) is 20.1. The second-order valence-corrected chi connectivity index (χ2v) is 9.70. The highest BCUT2D eigenvalue weighted by Gasteiger charge is 2.31. The van der Waals surface area contributed by atoms with Crippen LogP contribution in [0.5, 0.6) is 0 Å². The molecule has 8 nitrogen and oxygen atoms in total. The number of fused-ring (bicyclic) bond motifs is 1. The van der Waals surface area contributed by atoms with Crippen LogP contribution in [0.25, 0.3) is 11.0 Å². The van der Waals surface area contributed by atoms with E-state index in [1.165, 1.54) is 12.3 Å². The van der Waals surface area contributed by atoms with Crippen molar-refractivity contribution in [3.63, 3.8) is 0 Å². The van der Waals surface area contributed by atoms with Gasteiger partial charge in [-0.1, -0.05) is 6.07 Å². The minimum absolute atomic E-state index is 0.109. The molecule has 2 aliphatic rings. The highest BCUT2D eigenvalue weighted by Crippen LogP contribution is 2.39. The molecule has 2 N–H and O–H groups in total. The molecule has 0 bridgehead atoms. The highest BCUT2D eigenvalue weighted by molar-refractivity contribution is 6.01. The van der Waals surface area contributed by atoms with Gasteiger partial charge in [-0.05, 0) is 55.2 Å². The molecule has 2 aliphatic heterocycles. The van der Waals surface area contributed by atoms with Crippen molar-refractivity contribution in [1.29, 1.82) is 0 Å². The molecule has 2 fully saturated rings. The summed E-state index contributed by atoms with van der Waals surface area (Å²) in [4.78, 5) is 26.0. The average Bonchev–Trinajstić information content (AvgIpc) is 3.65. The van der Waals surface area contributed by atoms with E-state index in [1.807, 2.05) is 21.9 Å². The van der Waals surface area contributed by atoms with Gasteiger partial charge in [-0.3, -0.25) is 9.89 Å². The number of pyridine rings is 2. The van der Waals surface area contributed by atoms with Crippen LogP contribution in [0.15, 0.2) is 48.8 Å². The Labute approximate surface area is 212 Å². The Balaban J connectivity index is 1.23. The Morgan fingerprint density at radius 1 is 1.08 bits per heavy atom. The fraction of sp³-hybridized carbons (Fsp3) is 0.333. The molecule has 1 aromatic carbocycles. The molecule has 3 aromatic heterocycles. The summed E-state index contributed by atoms with van der Waals surface area (Å²) in [7, 11) is 0. The number of carbonyl (C=O) groups excluding carboxylic acids is 1. The van der Waals surface area contributed by atoms with Crippen LogP contribution >= 0.6 is 0 Å². The number of H-pyrrole nitrogens is 1. The lowest BCUT2D eigenvalue weighted by Crippen LogP contribution is -2.24. The number of nitrogens with zero attached hydrogens (tertiary/aromatic N) is 5. The number of ketones is 1. The van der Waals surface area contributed by atoms with E-state index in [1.54, 1.807) is 12.3 Å². The van der Waals surface area contributed by atoms with Crippen LogP contribution in [-0.2, 0) is 6.42 Å². The van der Waals surface area contributed by atoms with Gasteiger partial charge in [0, 0.05) is 49.6 Å². The normalized spacial score (nSPS) is 19.8. The van der Waals surface area contributed by atoms with Crippen molar-refractivity contribution < 1.29 is 18.7 Å². The number of β-amino-alcohol motifs (C(OH)–C–C–N with tert-alkyl or cyclic N) is 1. The van der Waals surface area contributed by atoms with Crippen molar-refractivity contribution in [3.05, 3.63) is 77.1 Å². The molecule has 0 radical (unpaired) electrons. The number of aromatic amines is 1. The van der Waals surface area contributed by atoms with E-state index in [0.717, 1.165) is 42.9 Å². The van der Waals surface area contributed by atoms with Crippen molar-refractivity contribution in [2.45, 2.75) is 37.8 Å². The fourth-order valence-corrected chi connectivity index (χ4v) is 5.32. The maximum atomic E-state index is 14.6. The lowest BCUT2D eigenvalue weighted by molar-refractivity contribution is 0.0992. The Morgan fingerprint density at radius 3 is 2.76 bits per heavy atom. The van der Waals surface area contributed by atoms with E-state index in [2.05, 4.69) is 20.2 Å². The minimum atomic E-state index is -0.481. The summed E-state index contributed by atoms with van der Waals surface area (Å²) in [6, 6.07) is 8.65. The number of nitrogens with one attached hydrogen (secondary N) is 1. The standard InChI is InChI=1S/C27H26F2N6O2/c28-18-4-5-22(29)20(12-18)23-2-1-8-35(23)27-21-11-17(14-31-26(21)32-33-27)24(37)10-16-3-6-25(30-13-16)34-9-7-19(36)15-34/h3-6,11-14,19,23,36H,1-2,7-10,15H2,(H,31,32,33)/t19?,23-/m1/s1. The second-order valence-electron chi connectivity index (χ2n) is 9.70. The molecule has 1 unspecified atom stereocenters. The van der Waals surface area contributed by atoms with Crippen molar-refractivity contribution >= 4 is 28.5 Å². The second kappa shape index (κ2) is 9.51. The monoisotopic (exact) mass is 504 g/mol. The van der Waals surface area contributed by atoms with Gasteiger partial charge in [0.1, 0.15) is 17.5 Å². The van der Waals surface area contributed by atoms with Gasteiger partial charge in [0.05, 0.1) is 17.5 Å². The first-order valence-corrected chi connectivity index (χ1v) is 12.4. The van der Waals surface area contributed by atoms with Gasteiger partial charge >= 0.3 is 0 Å². The van der Waals surface area contributed by atoms with Crippen LogP contribution in [0.2, 0.25) is 0 Å². The number of Topliss-reactive ketones (excluding diaryl/α,β-unsaturated/α-hetero) is 1. The molecule has 37 heavy (non-hydrogen) atoms. The van der Waals surface area contributed by atoms with Gasteiger partial charge in [-0.25, -0.2) is 18.7 Å². The van der Waals surface area contributed by atoms with Crippen LogP contribution in [0, 0.1) is 11.6 Å². The summed E-state index contributed by atoms with van der Waals surface area (Å²) in [5, 5.41) is 17.7. The maximum absolute atomic E-state index is 14.6. The molecule has 190 valence electrons. The Hall–Kier alpha value is -3.92. The van der Waals surface area contributed by atoms with Crippen molar-refractivity contribution in [3.8, 4) is 0 Å². The number of rotatable bonds is 6. The molecule has 0 spiro atoms. The Bertz CT molecular complexity index is 1460. The van der Waals surface area contributed by atoms with Gasteiger partial charge in [-0.15, -0.1) is 0 Å². The molecule has 6 rings (SSSR count). The fourth-order valence-electron chi connectivity index (χ4n) is 5.32. The zero-order valence-electron chi connectivity index (χ0n) is 20.1. The molecule has 10 heteroatoms. The molecule has 0 aliphatic carbocycles. The van der Waals surface area contributed by atoms with Crippen molar-refractivity contribution in [1.82, 2.24) is 20.2 Å². The third-order valence-electron chi connectivity index (χ3n) is 7.22. The van der Waals surface area contributed by atoms with E-state index in [-0.39, 0.29) is 24.3 Å². The van der Waals surface area contributed by atoms with Gasteiger partial charge in [0.15, 0.2) is 17.2 Å². The molecule has 5 heterocycles. The summed E-state index contributed by atoms with van der Waals surface area (Å²) < 4.78 is 28.4. The highest BCUT2D eigenvalue weighted by atomic mass is 19.1. The summed E-state index contributed by atoms with van der Waals surface area (Å²) in [5.41, 5.74) is 2.04. The smallest absolute Gasteiger partial charge is 0.168 e. The van der Waals surface area contributed by atoms with Gasteiger partial charge in [0.25, 0.3) is 0 Å². The number of aromatic nitrogens is 4. The van der Waals surface area contributed by atoms with Crippen LogP contribution in [0.3, 0.4) is 0 Å². The first-order valence-electron chi connectivity index (χ1n) is 12.4. The Morgan fingerprint density at radius 2 is 1.97 bits per heavy atom. The third-order valence-corrected chi connectivity index (χ3v) is 7.22. The lowest BCUT2D eigenvalue weighted by Gasteiger charge is -2.25. The predicted octanol–water partition coefficient (Wildman–Crippen LogP) is 3.97. The molecular weight excluding hydrogens is 478 g/mol.